The first-order chi connectivity index (χ1) is 9.32. The average molecular weight is 399 g/mol. The van der Waals surface area contributed by atoms with Gasteiger partial charge >= 0.3 is 0 Å². The van der Waals surface area contributed by atoms with Gasteiger partial charge in [0.2, 0.25) is 15.9 Å². The number of hydrogen-bond donors (Lipinski definition) is 2. The fraction of sp³-hybridized carbons (Fsp3) is 0.417. The van der Waals surface area contributed by atoms with E-state index in [-0.39, 0.29) is 28.9 Å². The standard InChI is InChI=1S/C12H16BrN3O3S.ClH/c1-8-7-15-2-3-16(8)20(18,19)11-5-9(12(14)17)4-10(13)6-11;/h4-6,8,15H,2-3,7H2,1H3,(H2,14,17);1H/t8-;/m1./s1. The second-order valence-electron chi connectivity index (χ2n) is 4.71. The molecule has 1 aromatic carbocycles. The summed E-state index contributed by atoms with van der Waals surface area (Å²) in [7, 11) is -3.63. The Bertz CT molecular complexity index is 639. The summed E-state index contributed by atoms with van der Waals surface area (Å²) in [5, 5.41) is 3.14. The van der Waals surface area contributed by atoms with Crippen molar-refractivity contribution in [1.29, 1.82) is 0 Å². The maximum atomic E-state index is 12.6. The van der Waals surface area contributed by atoms with Crippen LogP contribution in [-0.2, 0) is 10.0 Å². The number of nitrogens with zero attached hydrogens (tertiary/aromatic N) is 1. The Morgan fingerprint density at radius 1 is 1.43 bits per heavy atom. The highest BCUT2D eigenvalue weighted by Gasteiger charge is 2.31. The molecule has 1 aliphatic rings. The summed E-state index contributed by atoms with van der Waals surface area (Å²) >= 11 is 3.21. The molecular weight excluding hydrogens is 382 g/mol. The number of rotatable bonds is 3. The van der Waals surface area contributed by atoms with Crippen LogP contribution in [0.3, 0.4) is 0 Å². The largest absolute Gasteiger partial charge is 0.366 e. The number of piperazine rings is 1. The molecule has 3 N–H and O–H groups in total. The Kier molecular flexibility index (Phi) is 6.18. The van der Waals surface area contributed by atoms with Crippen LogP contribution in [0.5, 0.6) is 0 Å². The van der Waals surface area contributed by atoms with Crippen molar-refractivity contribution in [3.05, 3.63) is 28.2 Å². The Labute approximate surface area is 138 Å². The fourth-order valence-corrected chi connectivity index (χ4v) is 4.52. The Balaban J connectivity index is 0.00000220. The van der Waals surface area contributed by atoms with Crippen molar-refractivity contribution in [2.45, 2.75) is 17.9 Å². The predicted octanol–water partition coefficient (Wildman–Crippen LogP) is 0.952. The van der Waals surface area contributed by atoms with Crippen LogP contribution in [0, 0.1) is 0 Å². The van der Waals surface area contributed by atoms with Gasteiger partial charge in [-0.3, -0.25) is 4.79 Å². The monoisotopic (exact) mass is 397 g/mol. The smallest absolute Gasteiger partial charge is 0.248 e. The van der Waals surface area contributed by atoms with Gasteiger partial charge in [0, 0.05) is 35.7 Å². The highest BCUT2D eigenvalue weighted by atomic mass is 79.9. The molecule has 1 heterocycles. The molecule has 6 nitrogen and oxygen atoms in total. The van der Waals surface area contributed by atoms with Gasteiger partial charge in [-0.25, -0.2) is 8.42 Å². The molecule has 9 heteroatoms. The molecule has 21 heavy (non-hydrogen) atoms. The minimum atomic E-state index is -3.63. The van der Waals surface area contributed by atoms with Crippen LogP contribution in [0.2, 0.25) is 0 Å². The molecule has 1 aromatic rings. The third kappa shape index (κ3) is 3.95. The SMILES string of the molecule is C[C@@H]1CNCCN1S(=O)(=O)c1cc(Br)cc(C(N)=O)c1.Cl. The maximum absolute atomic E-state index is 12.6. The summed E-state index contributed by atoms with van der Waals surface area (Å²) in [6, 6.07) is 4.17. The molecule has 0 aromatic heterocycles. The first-order valence-corrected chi connectivity index (χ1v) is 8.38. The Hall–Kier alpha value is -0.670. The van der Waals surface area contributed by atoms with E-state index >= 15 is 0 Å². The van der Waals surface area contributed by atoms with E-state index in [1.54, 1.807) is 0 Å². The van der Waals surface area contributed by atoms with E-state index < -0.39 is 15.9 Å². The van der Waals surface area contributed by atoms with E-state index in [4.69, 9.17) is 5.73 Å². The quantitative estimate of drug-likeness (QED) is 0.793. The molecule has 0 bridgehead atoms. The molecule has 0 aliphatic carbocycles. The second kappa shape index (κ2) is 7.06. The number of nitrogens with two attached hydrogens (primary N) is 1. The van der Waals surface area contributed by atoms with Gasteiger partial charge in [-0.2, -0.15) is 4.31 Å². The van der Waals surface area contributed by atoms with Crippen LogP contribution in [0.15, 0.2) is 27.6 Å². The number of halogens is 2. The number of benzene rings is 1. The van der Waals surface area contributed by atoms with E-state index in [0.717, 1.165) is 0 Å². The third-order valence-electron chi connectivity index (χ3n) is 3.20. The number of primary amides is 1. The van der Waals surface area contributed by atoms with Gasteiger partial charge in [0.25, 0.3) is 0 Å². The van der Waals surface area contributed by atoms with Crippen molar-refractivity contribution in [1.82, 2.24) is 9.62 Å². The van der Waals surface area contributed by atoms with E-state index in [1.165, 1.54) is 22.5 Å². The number of nitrogens with one attached hydrogen (secondary N) is 1. The second-order valence-corrected chi connectivity index (χ2v) is 7.51. The summed E-state index contributed by atoms with van der Waals surface area (Å²) in [5.41, 5.74) is 5.39. The normalized spacial score (nSPS) is 19.8. The minimum Gasteiger partial charge on any atom is -0.366 e. The molecule has 1 saturated heterocycles. The highest BCUT2D eigenvalue weighted by molar-refractivity contribution is 9.10. The van der Waals surface area contributed by atoms with Crippen LogP contribution in [0.4, 0.5) is 0 Å². The summed E-state index contributed by atoms with van der Waals surface area (Å²) in [5.74, 6) is -0.656. The van der Waals surface area contributed by atoms with Gasteiger partial charge in [-0.1, -0.05) is 15.9 Å². The summed E-state index contributed by atoms with van der Waals surface area (Å²) in [4.78, 5) is 11.3. The van der Waals surface area contributed by atoms with E-state index in [2.05, 4.69) is 21.2 Å². The number of carbonyl (C=O) groups excluding carboxylic acids is 1. The Morgan fingerprint density at radius 2 is 2.10 bits per heavy atom. The predicted molar refractivity (Wildman–Crippen MR) is 86.1 cm³/mol. The summed E-state index contributed by atoms with van der Waals surface area (Å²) in [6.07, 6.45) is 0. The van der Waals surface area contributed by atoms with Gasteiger partial charge < -0.3 is 11.1 Å². The fourth-order valence-electron chi connectivity index (χ4n) is 2.17. The van der Waals surface area contributed by atoms with Gasteiger partial charge in [0.05, 0.1) is 4.90 Å². The van der Waals surface area contributed by atoms with Gasteiger partial charge in [-0.15, -0.1) is 12.4 Å². The molecule has 118 valence electrons. The lowest BCUT2D eigenvalue weighted by Crippen LogP contribution is -2.52. The first-order valence-electron chi connectivity index (χ1n) is 6.15. The van der Waals surface area contributed by atoms with Crippen LogP contribution < -0.4 is 11.1 Å². The highest BCUT2D eigenvalue weighted by Crippen LogP contribution is 2.24. The van der Waals surface area contributed by atoms with Crippen molar-refractivity contribution >= 4 is 44.3 Å². The molecule has 1 amide bonds. The third-order valence-corrected chi connectivity index (χ3v) is 5.65. The summed E-state index contributed by atoms with van der Waals surface area (Å²) in [6.45, 7) is 3.47. The number of hydrogen-bond acceptors (Lipinski definition) is 4. The lowest BCUT2D eigenvalue weighted by Gasteiger charge is -2.32. The first kappa shape index (κ1) is 18.4. The van der Waals surface area contributed by atoms with E-state index in [9.17, 15) is 13.2 Å². The van der Waals surface area contributed by atoms with E-state index in [1.807, 2.05) is 6.92 Å². The minimum absolute atomic E-state index is 0. The van der Waals surface area contributed by atoms with Gasteiger partial charge in [-0.05, 0) is 25.1 Å². The zero-order chi connectivity index (χ0) is 14.9. The molecular formula is C12H17BrClN3O3S. The van der Waals surface area contributed by atoms with Crippen LogP contribution >= 0.6 is 28.3 Å². The molecule has 0 unspecified atom stereocenters. The van der Waals surface area contributed by atoms with Crippen molar-refractivity contribution in [2.24, 2.45) is 5.73 Å². The molecule has 0 radical (unpaired) electrons. The molecule has 1 aliphatic heterocycles. The molecule has 0 spiro atoms. The van der Waals surface area contributed by atoms with Gasteiger partial charge in [0.1, 0.15) is 0 Å². The number of carbonyl (C=O) groups is 1. The topological polar surface area (TPSA) is 92.5 Å². The lowest BCUT2D eigenvalue weighted by molar-refractivity contribution is 0.1000. The molecule has 0 saturated carbocycles. The summed E-state index contributed by atoms with van der Waals surface area (Å²) < 4.78 is 27.2. The average Bonchev–Trinajstić information content (AvgIpc) is 2.38. The molecule has 1 fully saturated rings. The zero-order valence-corrected chi connectivity index (χ0v) is 14.6. The van der Waals surface area contributed by atoms with Crippen LogP contribution in [0.25, 0.3) is 0 Å². The van der Waals surface area contributed by atoms with Crippen molar-refractivity contribution < 1.29 is 13.2 Å². The van der Waals surface area contributed by atoms with E-state index in [0.29, 0.717) is 24.1 Å². The van der Waals surface area contributed by atoms with Crippen molar-refractivity contribution in [3.8, 4) is 0 Å². The molecule has 2 rings (SSSR count). The Morgan fingerprint density at radius 3 is 2.67 bits per heavy atom. The number of sulfonamides is 1. The van der Waals surface area contributed by atoms with Crippen molar-refractivity contribution in [3.63, 3.8) is 0 Å². The van der Waals surface area contributed by atoms with Crippen molar-refractivity contribution in [2.75, 3.05) is 19.6 Å². The zero-order valence-electron chi connectivity index (χ0n) is 11.4. The van der Waals surface area contributed by atoms with Crippen LogP contribution in [-0.4, -0.2) is 44.3 Å². The van der Waals surface area contributed by atoms with Crippen LogP contribution in [0.1, 0.15) is 17.3 Å². The molecule has 1 atom stereocenters. The van der Waals surface area contributed by atoms with Gasteiger partial charge in [0.15, 0.2) is 0 Å². The number of amides is 1. The lowest BCUT2D eigenvalue weighted by atomic mass is 10.2. The maximum Gasteiger partial charge on any atom is 0.248 e.